The minimum Gasteiger partial charge on any atom is -0.310 e. The minimum absolute atomic E-state index is 0.120. The van der Waals surface area contributed by atoms with Gasteiger partial charge in [-0.1, -0.05) is 35.9 Å². The van der Waals surface area contributed by atoms with E-state index in [0.717, 1.165) is 11.1 Å². The van der Waals surface area contributed by atoms with Gasteiger partial charge in [0.15, 0.2) is 0 Å². The normalized spacial score (nSPS) is 16.6. The van der Waals surface area contributed by atoms with Crippen LogP contribution < -0.4 is 5.32 Å². The molecule has 1 aliphatic rings. The van der Waals surface area contributed by atoms with Crippen LogP contribution in [0.1, 0.15) is 23.5 Å². The number of benzene rings is 2. The molecular formula is C18H13ClFN3O. The van der Waals surface area contributed by atoms with Gasteiger partial charge in [0, 0.05) is 22.9 Å². The van der Waals surface area contributed by atoms with Crippen molar-refractivity contribution >= 4 is 23.3 Å². The highest BCUT2D eigenvalue weighted by molar-refractivity contribution is 6.31. The number of amides is 1. The molecule has 0 radical (unpaired) electrons. The molecule has 2 heterocycles. The van der Waals surface area contributed by atoms with Gasteiger partial charge in [0.2, 0.25) is 5.91 Å². The van der Waals surface area contributed by atoms with E-state index in [1.165, 1.54) is 12.1 Å². The third-order valence-corrected chi connectivity index (χ3v) is 4.50. The maximum absolute atomic E-state index is 13.5. The molecule has 6 heteroatoms. The molecule has 4 rings (SSSR count). The van der Waals surface area contributed by atoms with E-state index in [9.17, 15) is 9.18 Å². The van der Waals surface area contributed by atoms with Crippen LogP contribution in [0.15, 0.2) is 54.7 Å². The lowest BCUT2D eigenvalue weighted by molar-refractivity contribution is -0.116. The number of nitrogens with zero attached hydrogens (tertiary/aromatic N) is 2. The number of hydrogen-bond acceptors (Lipinski definition) is 2. The average Bonchev–Trinajstić information content (AvgIpc) is 2.98. The molecule has 1 amide bonds. The Bertz CT molecular complexity index is 938. The molecule has 4 nitrogen and oxygen atoms in total. The Balaban J connectivity index is 1.85. The first-order chi connectivity index (χ1) is 11.6. The van der Waals surface area contributed by atoms with E-state index < -0.39 is 0 Å². The van der Waals surface area contributed by atoms with Gasteiger partial charge in [0.1, 0.15) is 11.6 Å². The fourth-order valence-electron chi connectivity index (χ4n) is 3.06. The second kappa shape index (κ2) is 5.76. The standard InChI is InChI=1S/C18H13ClFN3O/c19-16-7-2-1-6-13(16)14-9-17(24)22-18-15(14)10-21-23(18)12-5-3-4-11(20)8-12/h1-8,10,14H,9H2,(H,22,24). The molecular weight excluding hydrogens is 329 g/mol. The van der Waals surface area contributed by atoms with Crippen molar-refractivity contribution < 1.29 is 9.18 Å². The van der Waals surface area contributed by atoms with Crippen LogP contribution >= 0.6 is 11.6 Å². The average molecular weight is 342 g/mol. The van der Waals surface area contributed by atoms with Crippen molar-refractivity contribution in [2.24, 2.45) is 0 Å². The quantitative estimate of drug-likeness (QED) is 0.761. The largest absolute Gasteiger partial charge is 0.310 e. The monoisotopic (exact) mass is 341 g/mol. The van der Waals surface area contributed by atoms with E-state index in [1.807, 2.05) is 18.2 Å². The molecule has 0 aliphatic carbocycles. The molecule has 0 bridgehead atoms. The summed E-state index contributed by atoms with van der Waals surface area (Å²) in [5.74, 6) is -0.0985. The second-order valence-electron chi connectivity index (χ2n) is 5.67. The lowest BCUT2D eigenvalue weighted by Crippen LogP contribution is -2.24. The Morgan fingerprint density at radius 3 is 2.79 bits per heavy atom. The Morgan fingerprint density at radius 2 is 2.00 bits per heavy atom. The summed E-state index contributed by atoms with van der Waals surface area (Å²) >= 11 is 6.31. The molecule has 0 saturated carbocycles. The second-order valence-corrected chi connectivity index (χ2v) is 6.07. The van der Waals surface area contributed by atoms with Gasteiger partial charge in [-0.3, -0.25) is 4.79 Å². The highest BCUT2D eigenvalue weighted by Crippen LogP contribution is 2.40. The third kappa shape index (κ3) is 2.47. The minimum atomic E-state index is -0.360. The molecule has 3 aromatic rings. The molecule has 1 atom stereocenters. The number of carbonyl (C=O) groups is 1. The first kappa shape index (κ1) is 14.9. The van der Waals surface area contributed by atoms with Crippen molar-refractivity contribution in [2.75, 3.05) is 5.32 Å². The van der Waals surface area contributed by atoms with Gasteiger partial charge >= 0.3 is 0 Å². The molecule has 0 fully saturated rings. The van der Waals surface area contributed by atoms with Crippen LogP contribution in [0, 0.1) is 5.82 Å². The van der Waals surface area contributed by atoms with Gasteiger partial charge in [-0.15, -0.1) is 0 Å². The number of halogens is 2. The highest BCUT2D eigenvalue weighted by atomic mass is 35.5. The van der Waals surface area contributed by atoms with E-state index in [0.29, 0.717) is 22.9 Å². The smallest absolute Gasteiger partial charge is 0.226 e. The van der Waals surface area contributed by atoms with Crippen LogP contribution in [0.3, 0.4) is 0 Å². The van der Waals surface area contributed by atoms with Gasteiger partial charge < -0.3 is 5.32 Å². The first-order valence-corrected chi connectivity index (χ1v) is 7.89. The molecule has 1 unspecified atom stereocenters. The third-order valence-electron chi connectivity index (χ3n) is 4.15. The fraction of sp³-hybridized carbons (Fsp3) is 0.111. The number of fused-ring (bicyclic) bond motifs is 1. The number of rotatable bonds is 2. The Morgan fingerprint density at radius 1 is 1.17 bits per heavy atom. The van der Waals surface area contributed by atoms with E-state index in [4.69, 9.17) is 11.6 Å². The SMILES string of the molecule is O=C1CC(c2ccccc2Cl)c2cnn(-c3cccc(F)c3)c2N1. The zero-order chi connectivity index (χ0) is 16.7. The molecule has 0 saturated heterocycles. The van der Waals surface area contributed by atoms with Gasteiger partial charge in [0.25, 0.3) is 0 Å². The number of nitrogens with one attached hydrogen (secondary N) is 1. The van der Waals surface area contributed by atoms with Crippen LogP contribution in [-0.4, -0.2) is 15.7 Å². The Hall–Kier alpha value is -2.66. The number of anilines is 1. The predicted molar refractivity (Wildman–Crippen MR) is 90.1 cm³/mol. The summed E-state index contributed by atoms with van der Waals surface area (Å²) in [5.41, 5.74) is 2.30. The van der Waals surface area contributed by atoms with Crippen LogP contribution in [0.5, 0.6) is 0 Å². The zero-order valence-corrected chi connectivity index (χ0v) is 13.3. The maximum Gasteiger partial charge on any atom is 0.226 e. The van der Waals surface area contributed by atoms with E-state index in [-0.39, 0.29) is 17.6 Å². The van der Waals surface area contributed by atoms with Gasteiger partial charge in [-0.2, -0.15) is 5.10 Å². The van der Waals surface area contributed by atoms with Crippen LogP contribution in [-0.2, 0) is 4.79 Å². The zero-order valence-electron chi connectivity index (χ0n) is 12.5. The molecule has 0 spiro atoms. The van der Waals surface area contributed by atoms with Crippen molar-refractivity contribution in [1.82, 2.24) is 9.78 Å². The Kier molecular flexibility index (Phi) is 3.58. The summed E-state index contributed by atoms with van der Waals surface area (Å²) in [4.78, 5) is 12.2. The summed E-state index contributed by atoms with van der Waals surface area (Å²) in [6, 6.07) is 13.5. The number of aromatic nitrogens is 2. The number of carbonyl (C=O) groups excluding carboxylic acids is 1. The Labute approximate surface area is 142 Å². The summed E-state index contributed by atoms with van der Waals surface area (Å²) < 4.78 is 15.1. The first-order valence-electron chi connectivity index (χ1n) is 7.51. The molecule has 1 aromatic heterocycles. The van der Waals surface area contributed by atoms with Crippen molar-refractivity contribution in [1.29, 1.82) is 0 Å². The summed E-state index contributed by atoms with van der Waals surface area (Å²) in [6.45, 7) is 0. The lowest BCUT2D eigenvalue weighted by atomic mass is 9.87. The van der Waals surface area contributed by atoms with E-state index in [2.05, 4.69) is 10.4 Å². The van der Waals surface area contributed by atoms with Crippen LogP contribution in [0.2, 0.25) is 5.02 Å². The number of hydrogen-bond donors (Lipinski definition) is 1. The molecule has 2 aromatic carbocycles. The van der Waals surface area contributed by atoms with Crippen molar-refractivity contribution in [3.63, 3.8) is 0 Å². The lowest BCUT2D eigenvalue weighted by Gasteiger charge is -2.24. The van der Waals surface area contributed by atoms with Crippen molar-refractivity contribution in [3.8, 4) is 5.69 Å². The van der Waals surface area contributed by atoms with E-state index >= 15 is 0 Å². The van der Waals surface area contributed by atoms with Crippen LogP contribution in [0.25, 0.3) is 5.69 Å². The van der Waals surface area contributed by atoms with Gasteiger partial charge in [-0.05, 0) is 29.8 Å². The molecule has 1 aliphatic heterocycles. The molecule has 24 heavy (non-hydrogen) atoms. The van der Waals surface area contributed by atoms with Crippen molar-refractivity contribution in [3.05, 3.63) is 76.7 Å². The van der Waals surface area contributed by atoms with Gasteiger partial charge in [0.05, 0.1) is 11.9 Å². The summed E-state index contributed by atoms with van der Waals surface area (Å²) in [7, 11) is 0. The predicted octanol–water partition coefficient (Wildman–Crippen LogP) is 4.14. The van der Waals surface area contributed by atoms with E-state index in [1.54, 1.807) is 29.1 Å². The fourth-order valence-corrected chi connectivity index (χ4v) is 3.33. The topological polar surface area (TPSA) is 46.9 Å². The highest BCUT2D eigenvalue weighted by Gasteiger charge is 2.31. The summed E-state index contributed by atoms with van der Waals surface area (Å²) in [5, 5.41) is 7.80. The van der Waals surface area contributed by atoms with Crippen LogP contribution in [0.4, 0.5) is 10.2 Å². The summed E-state index contributed by atoms with van der Waals surface area (Å²) in [6.07, 6.45) is 2.00. The maximum atomic E-state index is 13.5. The molecule has 1 N–H and O–H groups in total. The van der Waals surface area contributed by atoms with Gasteiger partial charge in [-0.25, -0.2) is 9.07 Å². The molecule has 120 valence electrons. The van der Waals surface area contributed by atoms with Crippen molar-refractivity contribution in [2.45, 2.75) is 12.3 Å².